The second-order valence-electron chi connectivity index (χ2n) is 12.2. The van der Waals surface area contributed by atoms with Crippen LogP contribution in [-0.2, 0) is 34.5 Å². The molecule has 1 aromatic heterocycles. The number of hydrogen-bond acceptors (Lipinski definition) is 5. The van der Waals surface area contributed by atoms with Gasteiger partial charge in [-0.15, -0.1) is 11.8 Å². The lowest BCUT2D eigenvalue weighted by molar-refractivity contribution is -0.137. The number of carbonyl (C=O) groups excluding carboxylic acids is 1. The van der Waals surface area contributed by atoms with Gasteiger partial charge in [-0.3, -0.25) is 9.59 Å². The van der Waals surface area contributed by atoms with E-state index in [4.69, 9.17) is 10.2 Å². The monoisotopic (exact) mass is 741 g/mol. The van der Waals surface area contributed by atoms with Crippen LogP contribution in [0.2, 0.25) is 0 Å². The van der Waals surface area contributed by atoms with E-state index in [1.54, 1.807) is 30.3 Å². The van der Waals surface area contributed by atoms with E-state index < -0.39 is 65.1 Å². The summed E-state index contributed by atoms with van der Waals surface area (Å²) < 4.78 is 127. The number of pyridine rings is 1. The molecule has 0 bridgehead atoms. The molecule has 4 aromatic carbocycles. The largest absolute Gasteiger partial charge is 0.416 e. The number of aromatic nitrogens is 1. The van der Waals surface area contributed by atoms with E-state index in [0.717, 1.165) is 41.0 Å². The molecular formula is C40H38F5N3O3S. The molecule has 0 spiro atoms. The minimum Gasteiger partial charge on any atom is -0.383 e. The van der Waals surface area contributed by atoms with Crippen LogP contribution in [0.25, 0.3) is 22.0 Å². The lowest BCUT2D eigenvalue weighted by Gasteiger charge is -2.39. The summed E-state index contributed by atoms with van der Waals surface area (Å²) in [6.45, 7) is -4.48. The Bertz CT molecular complexity index is 2340. The van der Waals surface area contributed by atoms with Gasteiger partial charge in [-0.05, 0) is 59.9 Å². The maximum atomic E-state index is 14.9. The number of likely N-dealkylation sites (tertiary alicyclic amines) is 1. The molecule has 6 nitrogen and oxygen atoms in total. The van der Waals surface area contributed by atoms with Gasteiger partial charge < -0.3 is 19.1 Å². The molecule has 0 radical (unpaired) electrons. The SMILES string of the molecule is [2H]C([2H])(CN1CCC(N(Cc2ccc(-c3ccc(C(F)(F)F)cc3)cc2)C(=O)C([2H])([2H])n2c(SC([2H])([2H])c3cccc(F)c3F)cc(=O)c3ccccc32)CC1)OC. The van der Waals surface area contributed by atoms with Crippen molar-refractivity contribution in [2.75, 3.05) is 33.3 Å². The third-order valence-electron chi connectivity index (χ3n) is 8.85. The fourth-order valence-corrected chi connectivity index (χ4v) is 6.83. The van der Waals surface area contributed by atoms with Crippen LogP contribution < -0.4 is 5.43 Å². The molecule has 0 saturated carbocycles. The molecule has 52 heavy (non-hydrogen) atoms. The highest BCUT2D eigenvalue weighted by atomic mass is 32.2. The van der Waals surface area contributed by atoms with Crippen LogP contribution in [0.1, 0.15) is 37.8 Å². The number of nitrogens with zero attached hydrogens (tertiary/aromatic N) is 3. The molecule has 0 unspecified atom stereocenters. The van der Waals surface area contributed by atoms with Crippen molar-refractivity contribution in [1.29, 1.82) is 0 Å². The highest BCUT2D eigenvalue weighted by molar-refractivity contribution is 7.98. The lowest BCUT2D eigenvalue weighted by Crippen LogP contribution is -2.48. The van der Waals surface area contributed by atoms with E-state index in [1.807, 2.05) is 4.90 Å². The van der Waals surface area contributed by atoms with Gasteiger partial charge in [0.1, 0.15) is 6.50 Å². The summed E-state index contributed by atoms with van der Waals surface area (Å²) in [6.07, 6.45) is -3.89. The predicted octanol–water partition coefficient (Wildman–Crippen LogP) is 8.40. The number of methoxy groups -OCH3 is 1. The van der Waals surface area contributed by atoms with Crippen LogP contribution in [0.4, 0.5) is 22.0 Å². The number of rotatable bonds is 12. The molecule has 1 amide bonds. The number of benzene rings is 4. The van der Waals surface area contributed by atoms with Crippen LogP contribution >= 0.6 is 11.8 Å². The molecular weight excluding hydrogens is 698 g/mol. The van der Waals surface area contributed by atoms with Crippen molar-refractivity contribution in [2.24, 2.45) is 0 Å². The van der Waals surface area contributed by atoms with Crippen molar-refractivity contribution < 1.29 is 39.7 Å². The molecule has 12 heteroatoms. The molecule has 5 aromatic rings. The summed E-state index contributed by atoms with van der Waals surface area (Å²) in [7, 11) is 1.26. The number of ether oxygens (including phenoxy) is 1. The van der Waals surface area contributed by atoms with Crippen molar-refractivity contribution in [2.45, 2.75) is 48.8 Å². The Kier molecular flexibility index (Phi) is 9.48. The number of halogens is 5. The van der Waals surface area contributed by atoms with Crippen molar-refractivity contribution in [3.63, 3.8) is 0 Å². The van der Waals surface area contributed by atoms with Crippen molar-refractivity contribution in [3.05, 3.63) is 136 Å². The summed E-state index contributed by atoms with van der Waals surface area (Å²) in [5.74, 6) is -3.83. The molecule has 0 aliphatic carbocycles. The third-order valence-corrected chi connectivity index (χ3v) is 9.69. The Morgan fingerprint density at radius 1 is 0.942 bits per heavy atom. The van der Waals surface area contributed by atoms with Gasteiger partial charge in [0, 0.05) is 64.8 Å². The molecule has 1 fully saturated rings. The number of para-hydroxylation sites is 1. The van der Waals surface area contributed by atoms with E-state index in [9.17, 15) is 34.3 Å². The van der Waals surface area contributed by atoms with E-state index in [2.05, 4.69) is 0 Å². The zero-order chi connectivity index (χ0) is 42.2. The summed E-state index contributed by atoms with van der Waals surface area (Å²) >= 11 is 0.245. The molecule has 0 atom stereocenters. The first-order valence-electron chi connectivity index (χ1n) is 19.4. The number of carbonyl (C=O) groups is 1. The molecule has 2 heterocycles. The standard InChI is InChI=1S/C40H38F5N3O3S/c1-51-22-21-46-19-17-32(18-20-46)47(24-27-9-11-28(12-10-27)29-13-15-31(16-14-29)40(43,44)45)37(50)25-48-35-8-3-2-6-33(35)36(49)23-38(48)52-26-30-5-4-7-34(41)39(30)42/h2-16,23,32H,17-22,24-26H2,1H3/i22D2,25D2,26D2. The lowest BCUT2D eigenvalue weighted by atomic mass is 10.00. The van der Waals surface area contributed by atoms with Crippen molar-refractivity contribution in [3.8, 4) is 11.1 Å². The first-order chi connectivity index (χ1) is 27.2. The number of thioether (sulfide) groups is 1. The first kappa shape index (κ1) is 30.0. The van der Waals surface area contributed by atoms with Gasteiger partial charge in [0.15, 0.2) is 17.1 Å². The summed E-state index contributed by atoms with van der Waals surface area (Å²) in [5, 5.41) is -0.347. The maximum Gasteiger partial charge on any atom is 0.416 e. The number of hydrogen-bond donors (Lipinski definition) is 0. The second-order valence-corrected chi connectivity index (χ2v) is 13.0. The number of alkyl halides is 3. The predicted molar refractivity (Wildman–Crippen MR) is 193 cm³/mol. The number of fused-ring (bicyclic) bond motifs is 1. The Balaban J connectivity index is 1.39. The molecule has 272 valence electrons. The Labute approximate surface area is 311 Å². The molecule has 1 aliphatic heterocycles. The normalized spacial score (nSPS) is 16.7. The Morgan fingerprint density at radius 3 is 2.29 bits per heavy atom. The highest BCUT2D eigenvalue weighted by Crippen LogP contribution is 2.32. The smallest absolute Gasteiger partial charge is 0.383 e. The van der Waals surface area contributed by atoms with Gasteiger partial charge in [-0.25, -0.2) is 8.78 Å². The highest BCUT2D eigenvalue weighted by Gasteiger charge is 2.31. The van der Waals surface area contributed by atoms with Crippen LogP contribution in [0.15, 0.2) is 107 Å². The van der Waals surface area contributed by atoms with Crippen LogP contribution in [0.5, 0.6) is 0 Å². The maximum absolute atomic E-state index is 14.9. The minimum atomic E-state index is -4.50. The minimum absolute atomic E-state index is 0.0205. The summed E-state index contributed by atoms with van der Waals surface area (Å²) in [5.41, 5.74) is -3.26. The zero-order valence-electron chi connectivity index (χ0n) is 33.9. The van der Waals surface area contributed by atoms with E-state index in [1.165, 1.54) is 42.3 Å². The van der Waals surface area contributed by atoms with Gasteiger partial charge in [0.25, 0.3) is 0 Å². The van der Waals surface area contributed by atoms with E-state index >= 15 is 0 Å². The fourth-order valence-electron chi connectivity index (χ4n) is 6.05. The van der Waals surface area contributed by atoms with Crippen molar-refractivity contribution in [1.82, 2.24) is 14.4 Å². The zero-order valence-corrected chi connectivity index (χ0v) is 28.7. The van der Waals surface area contributed by atoms with Crippen LogP contribution in [0.3, 0.4) is 0 Å². The molecule has 0 N–H and O–H groups in total. The van der Waals surface area contributed by atoms with Crippen molar-refractivity contribution >= 4 is 28.6 Å². The molecule has 1 aliphatic rings. The topological polar surface area (TPSA) is 54.8 Å². The second kappa shape index (κ2) is 16.4. The van der Waals surface area contributed by atoms with Gasteiger partial charge in [0.2, 0.25) is 5.91 Å². The van der Waals surface area contributed by atoms with E-state index in [-0.39, 0.29) is 40.8 Å². The van der Waals surface area contributed by atoms with Crippen LogP contribution in [0, 0.1) is 11.6 Å². The first-order valence-corrected chi connectivity index (χ1v) is 17.2. The van der Waals surface area contributed by atoms with Gasteiger partial charge in [0.05, 0.1) is 28.1 Å². The number of amides is 1. The third kappa shape index (κ3) is 8.74. The molecule has 1 saturated heterocycles. The van der Waals surface area contributed by atoms with E-state index in [0.29, 0.717) is 42.6 Å². The Morgan fingerprint density at radius 2 is 1.62 bits per heavy atom. The van der Waals surface area contributed by atoms with Crippen LogP contribution in [-0.4, -0.2) is 59.6 Å². The summed E-state index contributed by atoms with van der Waals surface area (Å²) in [6, 6.07) is 20.5. The average molecular weight is 742 g/mol. The summed E-state index contributed by atoms with van der Waals surface area (Å²) in [4.78, 5) is 31.4. The average Bonchev–Trinajstić information content (AvgIpc) is 3.17. The Hall–Kier alpha value is -4.52. The number of piperidine rings is 1. The quantitative estimate of drug-likeness (QED) is 0.0951. The molecule has 6 rings (SSSR count). The van der Waals surface area contributed by atoms with Gasteiger partial charge >= 0.3 is 6.18 Å². The fraction of sp³-hybridized carbons (Fsp3) is 0.300. The van der Waals surface area contributed by atoms with Gasteiger partial charge in [-0.1, -0.05) is 60.7 Å². The van der Waals surface area contributed by atoms with Gasteiger partial charge in [-0.2, -0.15) is 13.2 Å².